The van der Waals surface area contributed by atoms with Gasteiger partial charge >= 0.3 is 6.09 Å². The monoisotopic (exact) mass is 361 g/mol. The van der Waals surface area contributed by atoms with Crippen molar-refractivity contribution in [3.63, 3.8) is 0 Å². The fourth-order valence-electron chi connectivity index (χ4n) is 3.53. The molecule has 0 spiro atoms. The number of piperidine rings is 1. The lowest BCUT2D eigenvalue weighted by molar-refractivity contribution is 0.0184. The van der Waals surface area contributed by atoms with Crippen molar-refractivity contribution in [2.24, 2.45) is 5.92 Å². The van der Waals surface area contributed by atoms with E-state index in [-0.39, 0.29) is 18.5 Å². The first-order valence-electron chi connectivity index (χ1n) is 9.12. The number of carbonyl (C=O) groups is 2. The Labute approximate surface area is 154 Å². The molecule has 142 valence electrons. The van der Waals surface area contributed by atoms with Gasteiger partial charge in [0, 0.05) is 18.7 Å². The first-order chi connectivity index (χ1) is 12.3. The minimum Gasteiger partial charge on any atom is -0.496 e. The number of hydrogen-bond donors (Lipinski definition) is 0. The Morgan fingerprint density at radius 3 is 2.58 bits per heavy atom. The number of ether oxygens (including phenoxy) is 3. The maximum absolute atomic E-state index is 12.2. The zero-order chi connectivity index (χ0) is 18.9. The van der Waals surface area contributed by atoms with Crippen LogP contribution in [0, 0.1) is 5.92 Å². The summed E-state index contributed by atoms with van der Waals surface area (Å²) in [7, 11) is 1.63. The van der Waals surface area contributed by atoms with Crippen molar-refractivity contribution in [2.45, 2.75) is 45.6 Å². The lowest BCUT2D eigenvalue weighted by atomic mass is 9.88. The number of methoxy groups -OCH3 is 1. The first kappa shape index (κ1) is 18.5. The molecule has 1 amide bonds. The van der Waals surface area contributed by atoms with Gasteiger partial charge in [0.15, 0.2) is 6.61 Å². The number of fused-ring (bicyclic) bond motifs is 1. The molecule has 0 N–H and O–H groups in total. The van der Waals surface area contributed by atoms with Gasteiger partial charge in [-0.25, -0.2) is 4.79 Å². The summed E-state index contributed by atoms with van der Waals surface area (Å²) in [5.74, 6) is 1.86. The topological polar surface area (TPSA) is 65.1 Å². The van der Waals surface area contributed by atoms with Gasteiger partial charge in [-0.15, -0.1) is 0 Å². The summed E-state index contributed by atoms with van der Waals surface area (Å²) in [6, 6.07) is 3.62. The molecule has 6 heteroatoms. The van der Waals surface area contributed by atoms with Crippen LogP contribution in [0.1, 0.15) is 49.5 Å². The second kappa shape index (κ2) is 7.17. The van der Waals surface area contributed by atoms with Crippen LogP contribution in [0.5, 0.6) is 11.5 Å². The molecule has 0 bridgehead atoms. The molecule has 0 unspecified atom stereocenters. The molecule has 2 aliphatic heterocycles. The number of carbonyl (C=O) groups excluding carboxylic acids is 2. The third kappa shape index (κ3) is 3.94. The largest absolute Gasteiger partial charge is 0.496 e. The molecule has 1 saturated heterocycles. The van der Waals surface area contributed by atoms with E-state index in [9.17, 15) is 9.59 Å². The molecule has 0 atom stereocenters. The smallest absolute Gasteiger partial charge is 0.410 e. The van der Waals surface area contributed by atoms with E-state index in [0.29, 0.717) is 30.3 Å². The SMILES string of the molecule is COc1ccc2c(c1CC1CCN(C(=O)OC(C)(C)C)CC1)OCC2=O. The maximum Gasteiger partial charge on any atom is 0.410 e. The lowest BCUT2D eigenvalue weighted by Gasteiger charge is -2.33. The highest BCUT2D eigenvalue weighted by atomic mass is 16.6. The van der Waals surface area contributed by atoms with E-state index >= 15 is 0 Å². The summed E-state index contributed by atoms with van der Waals surface area (Å²) in [4.78, 5) is 25.9. The Hall–Kier alpha value is -2.24. The lowest BCUT2D eigenvalue weighted by Crippen LogP contribution is -2.42. The van der Waals surface area contributed by atoms with E-state index in [1.54, 1.807) is 18.1 Å². The van der Waals surface area contributed by atoms with E-state index in [4.69, 9.17) is 14.2 Å². The van der Waals surface area contributed by atoms with Gasteiger partial charge in [0.25, 0.3) is 0 Å². The number of nitrogens with zero attached hydrogens (tertiary/aromatic N) is 1. The highest BCUT2D eigenvalue weighted by Crippen LogP contribution is 2.39. The molecule has 0 aromatic heterocycles. The molecule has 0 saturated carbocycles. The summed E-state index contributed by atoms with van der Waals surface area (Å²) in [6.07, 6.45) is 2.31. The van der Waals surface area contributed by atoms with Gasteiger partial charge in [0.1, 0.15) is 17.1 Å². The predicted octanol–water partition coefficient (Wildman–Crippen LogP) is 3.46. The van der Waals surface area contributed by atoms with Crippen molar-refractivity contribution in [2.75, 3.05) is 26.8 Å². The zero-order valence-corrected chi connectivity index (χ0v) is 16.0. The van der Waals surface area contributed by atoms with E-state index in [1.807, 2.05) is 26.8 Å². The summed E-state index contributed by atoms with van der Waals surface area (Å²) in [5, 5.41) is 0. The van der Waals surface area contributed by atoms with Crippen LogP contribution < -0.4 is 9.47 Å². The maximum atomic E-state index is 12.2. The van der Waals surface area contributed by atoms with Crippen LogP contribution >= 0.6 is 0 Å². The molecule has 3 rings (SSSR count). The summed E-state index contributed by atoms with van der Waals surface area (Å²) in [5.41, 5.74) is 1.13. The third-order valence-electron chi connectivity index (χ3n) is 4.84. The van der Waals surface area contributed by atoms with Crippen LogP contribution in [0.25, 0.3) is 0 Å². The summed E-state index contributed by atoms with van der Waals surface area (Å²) in [6.45, 7) is 7.09. The molecule has 1 aromatic carbocycles. The van der Waals surface area contributed by atoms with Crippen LogP contribution in [0.2, 0.25) is 0 Å². The molecule has 0 radical (unpaired) electrons. The fraction of sp³-hybridized carbons (Fsp3) is 0.600. The van der Waals surface area contributed by atoms with Crippen molar-refractivity contribution < 1.29 is 23.8 Å². The third-order valence-corrected chi connectivity index (χ3v) is 4.84. The molecule has 2 aliphatic rings. The average Bonchev–Trinajstić information content (AvgIpc) is 2.96. The number of rotatable bonds is 3. The summed E-state index contributed by atoms with van der Waals surface area (Å²) >= 11 is 0. The minimum atomic E-state index is -0.476. The summed E-state index contributed by atoms with van der Waals surface area (Å²) < 4.78 is 16.6. The zero-order valence-electron chi connectivity index (χ0n) is 16.0. The Kier molecular flexibility index (Phi) is 5.12. The predicted molar refractivity (Wildman–Crippen MR) is 97.1 cm³/mol. The van der Waals surface area contributed by atoms with Gasteiger partial charge < -0.3 is 19.1 Å². The van der Waals surface area contributed by atoms with Crippen LogP contribution in [-0.4, -0.2) is 49.2 Å². The number of ketones is 1. The van der Waals surface area contributed by atoms with Crippen LogP contribution in [-0.2, 0) is 11.2 Å². The quantitative estimate of drug-likeness (QED) is 0.825. The fourth-order valence-corrected chi connectivity index (χ4v) is 3.53. The first-order valence-corrected chi connectivity index (χ1v) is 9.12. The second-order valence-corrected chi connectivity index (χ2v) is 7.95. The molecular weight excluding hydrogens is 334 g/mol. The molecular formula is C20H27NO5. The van der Waals surface area contributed by atoms with E-state index < -0.39 is 5.60 Å². The Morgan fingerprint density at radius 1 is 1.27 bits per heavy atom. The van der Waals surface area contributed by atoms with Gasteiger partial charge in [-0.1, -0.05) is 0 Å². The molecule has 1 aromatic rings. The van der Waals surface area contributed by atoms with Gasteiger partial charge in [-0.2, -0.15) is 0 Å². The van der Waals surface area contributed by atoms with Crippen molar-refractivity contribution in [1.29, 1.82) is 0 Å². The molecule has 0 aliphatic carbocycles. The number of hydrogen-bond acceptors (Lipinski definition) is 5. The van der Waals surface area contributed by atoms with E-state index in [0.717, 1.165) is 30.6 Å². The second-order valence-electron chi connectivity index (χ2n) is 7.95. The molecule has 26 heavy (non-hydrogen) atoms. The number of likely N-dealkylation sites (tertiary alicyclic amines) is 1. The van der Waals surface area contributed by atoms with Gasteiger partial charge in [0.05, 0.1) is 12.7 Å². The van der Waals surface area contributed by atoms with Crippen LogP contribution in [0.4, 0.5) is 4.79 Å². The number of amides is 1. The Balaban J connectivity index is 1.65. The molecule has 2 heterocycles. The van der Waals surface area contributed by atoms with Crippen LogP contribution in [0.3, 0.4) is 0 Å². The van der Waals surface area contributed by atoms with E-state index in [1.165, 1.54) is 0 Å². The number of Topliss-reactive ketones (excluding diaryl/α,β-unsaturated/α-hetero) is 1. The van der Waals surface area contributed by atoms with Gasteiger partial charge in [-0.3, -0.25) is 4.79 Å². The highest BCUT2D eigenvalue weighted by molar-refractivity contribution is 6.03. The van der Waals surface area contributed by atoms with Crippen molar-refractivity contribution in [3.05, 3.63) is 23.3 Å². The Morgan fingerprint density at radius 2 is 1.96 bits per heavy atom. The van der Waals surface area contributed by atoms with Crippen molar-refractivity contribution in [3.8, 4) is 11.5 Å². The standard InChI is InChI=1S/C20H27NO5/c1-20(2,3)26-19(23)21-9-7-13(8-10-21)11-15-17(24-4)6-5-14-16(22)12-25-18(14)15/h5-6,13H,7-12H2,1-4H3. The Bertz CT molecular complexity index is 699. The highest BCUT2D eigenvalue weighted by Gasteiger charge is 2.31. The van der Waals surface area contributed by atoms with E-state index in [2.05, 4.69) is 0 Å². The molecule has 1 fully saturated rings. The van der Waals surface area contributed by atoms with Gasteiger partial charge in [0.2, 0.25) is 5.78 Å². The molecule has 6 nitrogen and oxygen atoms in total. The van der Waals surface area contributed by atoms with Crippen LogP contribution in [0.15, 0.2) is 12.1 Å². The van der Waals surface area contributed by atoms with Crippen molar-refractivity contribution >= 4 is 11.9 Å². The average molecular weight is 361 g/mol. The normalized spacial score (nSPS) is 17.7. The van der Waals surface area contributed by atoms with Gasteiger partial charge in [-0.05, 0) is 58.1 Å². The number of benzene rings is 1. The van der Waals surface area contributed by atoms with Crippen molar-refractivity contribution in [1.82, 2.24) is 4.90 Å². The minimum absolute atomic E-state index is 0.0173.